The number of esters is 1. The Morgan fingerprint density at radius 3 is 2.55 bits per heavy atom. The molecule has 3 aromatic rings. The molecular formula is C30H26Cl2F2N2O7S. The Kier molecular flexibility index (Phi) is 10.1. The van der Waals surface area contributed by atoms with E-state index in [-0.39, 0.29) is 40.1 Å². The molecule has 1 aromatic heterocycles. The predicted octanol–water partition coefficient (Wildman–Crippen LogP) is 5.87. The van der Waals surface area contributed by atoms with E-state index in [4.69, 9.17) is 32.7 Å². The number of pyridine rings is 1. The molecule has 0 bridgehead atoms. The molecule has 44 heavy (non-hydrogen) atoms. The summed E-state index contributed by atoms with van der Waals surface area (Å²) in [6, 6.07) is 10.3. The predicted molar refractivity (Wildman–Crippen MR) is 158 cm³/mol. The van der Waals surface area contributed by atoms with Crippen molar-refractivity contribution in [3.63, 3.8) is 0 Å². The average Bonchev–Trinajstić information content (AvgIpc) is 3.69. The van der Waals surface area contributed by atoms with Gasteiger partial charge in [0.2, 0.25) is 0 Å². The fourth-order valence-electron chi connectivity index (χ4n) is 4.64. The third-order valence-corrected chi connectivity index (χ3v) is 8.89. The van der Waals surface area contributed by atoms with Crippen molar-refractivity contribution >= 4 is 53.1 Å². The van der Waals surface area contributed by atoms with Crippen LogP contribution in [0.15, 0.2) is 54.9 Å². The number of rotatable bonds is 12. The van der Waals surface area contributed by atoms with Crippen molar-refractivity contribution < 1.29 is 42.1 Å². The van der Waals surface area contributed by atoms with Crippen LogP contribution < -0.4 is 14.2 Å². The van der Waals surface area contributed by atoms with Crippen molar-refractivity contribution in [2.75, 3.05) is 18.9 Å². The summed E-state index contributed by atoms with van der Waals surface area (Å²) in [7, 11) is 0. The third kappa shape index (κ3) is 7.72. The fourth-order valence-corrected chi connectivity index (χ4v) is 6.34. The number of hydrogen-bond donors (Lipinski definition) is 0. The van der Waals surface area contributed by atoms with E-state index in [2.05, 4.69) is 4.74 Å². The lowest BCUT2D eigenvalue weighted by molar-refractivity contribution is -0.605. The van der Waals surface area contributed by atoms with E-state index in [1.54, 1.807) is 18.2 Å². The van der Waals surface area contributed by atoms with Gasteiger partial charge in [-0.05, 0) is 48.6 Å². The number of carbonyl (C=O) groups excluding carboxylic acids is 3. The SMILES string of the molecule is O=Cc1cccc(C(=O)N2CCSC2C(=O)OC(Cc2c(Cl)c[n+]([O-])cc2Cl)c2ccc(OC(F)F)c(OCC3CC3)c2)c1. The Morgan fingerprint density at radius 2 is 1.86 bits per heavy atom. The Hall–Kier alpha value is -3.61. The van der Waals surface area contributed by atoms with Crippen molar-refractivity contribution in [1.29, 1.82) is 0 Å². The van der Waals surface area contributed by atoms with E-state index in [1.807, 2.05) is 0 Å². The highest BCUT2D eigenvalue weighted by Gasteiger charge is 2.38. The van der Waals surface area contributed by atoms with Gasteiger partial charge in [0.15, 0.2) is 29.3 Å². The van der Waals surface area contributed by atoms with Crippen LogP contribution in [0, 0.1) is 11.1 Å². The van der Waals surface area contributed by atoms with Crippen molar-refractivity contribution in [3.05, 3.63) is 92.4 Å². The maximum Gasteiger partial charge on any atom is 0.387 e. The number of nitrogens with zero attached hydrogens (tertiary/aromatic N) is 2. The molecule has 1 aliphatic heterocycles. The van der Waals surface area contributed by atoms with Crippen LogP contribution in [-0.4, -0.2) is 54.0 Å². The van der Waals surface area contributed by atoms with Gasteiger partial charge in [0.1, 0.15) is 22.4 Å². The molecule has 1 saturated heterocycles. The van der Waals surface area contributed by atoms with Crippen molar-refractivity contribution in [3.8, 4) is 11.5 Å². The van der Waals surface area contributed by atoms with Gasteiger partial charge in [0.25, 0.3) is 5.91 Å². The number of benzene rings is 2. The number of alkyl halides is 2. The molecule has 0 N–H and O–H groups in total. The molecule has 0 radical (unpaired) electrons. The van der Waals surface area contributed by atoms with Crippen molar-refractivity contribution in [2.45, 2.75) is 37.4 Å². The second-order valence-corrected chi connectivity index (χ2v) is 12.2. The molecule has 1 saturated carbocycles. The first-order valence-corrected chi connectivity index (χ1v) is 15.4. The molecule has 232 valence electrons. The number of thioether (sulfide) groups is 1. The molecule has 14 heteroatoms. The normalized spacial score (nSPS) is 16.9. The molecule has 1 aliphatic carbocycles. The van der Waals surface area contributed by atoms with Gasteiger partial charge < -0.3 is 24.3 Å². The van der Waals surface area contributed by atoms with E-state index in [9.17, 15) is 28.4 Å². The topological polar surface area (TPSA) is 109 Å². The van der Waals surface area contributed by atoms with Gasteiger partial charge in [0, 0.05) is 35.4 Å². The Bertz CT molecular complexity index is 1540. The lowest BCUT2D eigenvalue weighted by atomic mass is 10.0. The van der Waals surface area contributed by atoms with E-state index in [0.29, 0.717) is 46.0 Å². The first kappa shape index (κ1) is 31.8. The van der Waals surface area contributed by atoms with Gasteiger partial charge in [-0.1, -0.05) is 41.4 Å². The zero-order valence-corrected chi connectivity index (χ0v) is 25.3. The summed E-state index contributed by atoms with van der Waals surface area (Å²) in [6.45, 7) is -2.53. The highest BCUT2D eigenvalue weighted by Crippen LogP contribution is 2.38. The minimum atomic E-state index is -3.09. The number of carbonyl (C=O) groups is 3. The van der Waals surface area contributed by atoms with Gasteiger partial charge in [-0.3, -0.25) is 9.59 Å². The zero-order chi connectivity index (χ0) is 31.4. The summed E-state index contributed by atoms with van der Waals surface area (Å²) in [5, 5.41) is 10.9. The molecule has 2 heterocycles. The smallest absolute Gasteiger partial charge is 0.387 e. The largest absolute Gasteiger partial charge is 0.619 e. The van der Waals surface area contributed by atoms with Gasteiger partial charge in [-0.15, -0.1) is 11.8 Å². The van der Waals surface area contributed by atoms with Crippen LogP contribution in [-0.2, 0) is 16.0 Å². The van der Waals surface area contributed by atoms with Crippen LogP contribution in [0.3, 0.4) is 0 Å². The Labute approximate surface area is 265 Å². The molecule has 2 aromatic carbocycles. The summed E-state index contributed by atoms with van der Waals surface area (Å²) in [4.78, 5) is 39.6. The first-order valence-electron chi connectivity index (χ1n) is 13.6. The number of ether oxygens (including phenoxy) is 3. The van der Waals surface area contributed by atoms with Gasteiger partial charge in [-0.25, -0.2) is 4.79 Å². The molecule has 2 aliphatic rings. The molecule has 1 amide bonds. The number of aromatic nitrogens is 1. The maximum atomic E-state index is 13.7. The lowest BCUT2D eigenvalue weighted by Gasteiger charge is -2.26. The van der Waals surface area contributed by atoms with Gasteiger partial charge in [-0.2, -0.15) is 13.5 Å². The summed E-state index contributed by atoms with van der Waals surface area (Å²) >= 11 is 13.9. The lowest BCUT2D eigenvalue weighted by Crippen LogP contribution is -2.40. The number of aldehydes is 1. The molecule has 2 unspecified atom stereocenters. The van der Waals surface area contributed by atoms with E-state index in [1.165, 1.54) is 40.9 Å². The van der Waals surface area contributed by atoms with E-state index >= 15 is 0 Å². The monoisotopic (exact) mass is 666 g/mol. The number of amides is 1. The van der Waals surface area contributed by atoms with Crippen LogP contribution >= 0.6 is 35.0 Å². The first-order chi connectivity index (χ1) is 21.1. The number of halogens is 4. The number of hydrogen-bond acceptors (Lipinski definition) is 8. The van der Waals surface area contributed by atoms with Gasteiger partial charge in [0.05, 0.1) is 6.61 Å². The molecular weight excluding hydrogens is 641 g/mol. The summed E-state index contributed by atoms with van der Waals surface area (Å²) in [5.74, 6) is -0.563. The van der Waals surface area contributed by atoms with Crippen molar-refractivity contribution in [2.24, 2.45) is 5.92 Å². The summed E-state index contributed by atoms with van der Waals surface area (Å²) < 4.78 is 43.2. The van der Waals surface area contributed by atoms with Crippen LogP contribution in [0.25, 0.3) is 0 Å². The molecule has 2 atom stereocenters. The highest BCUT2D eigenvalue weighted by atomic mass is 35.5. The van der Waals surface area contributed by atoms with Crippen LogP contribution in [0.5, 0.6) is 11.5 Å². The van der Waals surface area contributed by atoms with E-state index < -0.39 is 30.0 Å². The summed E-state index contributed by atoms with van der Waals surface area (Å²) in [5.41, 5.74) is 1.23. The summed E-state index contributed by atoms with van der Waals surface area (Å²) in [6.07, 6.45) is 3.58. The van der Waals surface area contributed by atoms with Crippen LogP contribution in [0.1, 0.15) is 50.8 Å². The van der Waals surface area contributed by atoms with Crippen molar-refractivity contribution in [1.82, 2.24) is 4.90 Å². The zero-order valence-electron chi connectivity index (χ0n) is 23.0. The average molecular weight is 668 g/mol. The maximum absolute atomic E-state index is 13.7. The molecule has 0 spiro atoms. The van der Waals surface area contributed by atoms with Crippen LogP contribution in [0.4, 0.5) is 8.78 Å². The quantitative estimate of drug-likeness (QED) is 0.102. The second kappa shape index (κ2) is 14.0. The van der Waals surface area contributed by atoms with E-state index in [0.717, 1.165) is 25.2 Å². The third-order valence-electron chi connectivity index (χ3n) is 7.06. The highest BCUT2D eigenvalue weighted by molar-refractivity contribution is 8.00. The van der Waals surface area contributed by atoms with Crippen LogP contribution in [0.2, 0.25) is 10.0 Å². The second-order valence-electron chi connectivity index (χ2n) is 10.2. The fraction of sp³-hybridized carbons (Fsp3) is 0.333. The molecule has 2 fully saturated rings. The van der Waals surface area contributed by atoms with Gasteiger partial charge >= 0.3 is 12.6 Å². The minimum absolute atomic E-state index is 0.0264. The Morgan fingerprint density at radius 1 is 1.11 bits per heavy atom. The Balaban J connectivity index is 1.45. The minimum Gasteiger partial charge on any atom is -0.619 e. The molecule has 9 nitrogen and oxygen atoms in total. The molecule has 5 rings (SSSR count). The standard InChI is InChI=1S/C30H26Cl2F2N2O7S/c31-22-13-35(40)14-23(32)21(22)12-25(19-6-7-24(43-30(33)34)26(11-19)41-16-17-4-5-17)42-29(39)28-36(8-9-44-28)27(38)20-3-1-2-18(10-20)15-37/h1-3,6-7,10-11,13-15,17,25,28,30H,4-5,8-9,12,16H2.